The van der Waals surface area contributed by atoms with E-state index in [-0.39, 0.29) is 5.82 Å². The Morgan fingerprint density at radius 1 is 0.889 bits per heavy atom. The van der Waals surface area contributed by atoms with Crippen LogP contribution in [0.4, 0.5) is 4.39 Å². The maximum absolute atomic E-state index is 13.1. The lowest BCUT2D eigenvalue weighted by Crippen LogP contribution is -1.95. The fourth-order valence-electron chi connectivity index (χ4n) is 1.85. The van der Waals surface area contributed by atoms with Crippen LogP contribution in [0.2, 0.25) is 0 Å². The minimum atomic E-state index is -0.260. The molecular weight excluding hydrogens is 227 g/mol. The summed E-state index contributed by atoms with van der Waals surface area (Å²) < 4.78 is 14.8. The van der Waals surface area contributed by atoms with Crippen molar-refractivity contribution in [2.45, 2.75) is 0 Å². The first kappa shape index (κ1) is 10.7. The van der Waals surface area contributed by atoms with E-state index in [0.29, 0.717) is 0 Å². The molecule has 1 heterocycles. The van der Waals surface area contributed by atoms with Crippen LogP contribution in [0.25, 0.3) is 16.9 Å². The molecule has 0 saturated carbocycles. The maximum Gasteiger partial charge on any atom is 0.125 e. The van der Waals surface area contributed by atoms with Gasteiger partial charge in [-0.25, -0.2) is 9.07 Å². The Hall–Kier alpha value is -2.42. The molecule has 0 atom stereocenters. The third-order valence-corrected chi connectivity index (χ3v) is 2.73. The van der Waals surface area contributed by atoms with E-state index in [9.17, 15) is 4.39 Å². The summed E-state index contributed by atoms with van der Waals surface area (Å²) in [5.74, 6) is -0.260. The molecule has 18 heavy (non-hydrogen) atoms. The average Bonchev–Trinajstić information content (AvgIpc) is 2.89. The number of nitrogens with zero attached hydrogens (tertiary/aromatic N) is 2. The molecule has 0 N–H and O–H groups in total. The third-order valence-electron chi connectivity index (χ3n) is 2.73. The van der Waals surface area contributed by atoms with E-state index >= 15 is 0 Å². The molecule has 0 saturated heterocycles. The molecule has 3 heteroatoms. The molecule has 2 aromatic carbocycles. The van der Waals surface area contributed by atoms with Crippen LogP contribution in [0.15, 0.2) is 66.9 Å². The van der Waals surface area contributed by atoms with Crippen molar-refractivity contribution in [2.75, 3.05) is 0 Å². The van der Waals surface area contributed by atoms with Gasteiger partial charge in [0.15, 0.2) is 0 Å². The van der Waals surface area contributed by atoms with Crippen molar-refractivity contribution in [3.63, 3.8) is 0 Å². The molecule has 0 spiro atoms. The zero-order chi connectivity index (χ0) is 12.4. The summed E-state index contributed by atoms with van der Waals surface area (Å²) in [5.41, 5.74) is 2.64. The number of aromatic nitrogens is 2. The van der Waals surface area contributed by atoms with E-state index in [1.807, 2.05) is 48.7 Å². The minimum absolute atomic E-state index is 0.260. The van der Waals surface area contributed by atoms with Gasteiger partial charge in [0.05, 0.1) is 11.4 Å². The molecule has 0 aliphatic carbocycles. The predicted molar refractivity (Wildman–Crippen MR) is 69.0 cm³/mol. The van der Waals surface area contributed by atoms with Crippen LogP contribution >= 0.6 is 0 Å². The molecule has 88 valence electrons. The lowest BCUT2D eigenvalue weighted by Gasteiger charge is -2.01. The fraction of sp³-hybridized carbons (Fsp3) is 0. The minimum Gasteiger partial charge on any atom is -0.240 e. The Labute approximate surface area is 104 Å². The van der Waals surface area contributed by atoms with Crippen molar-refractivity contribution >= 4 is 0 Å². The van der Waals surface area contributed by atoms with Gasteiger partial charge in [0.2, 0.25) is 0 Å². The lowest BCUT2D eigenvalue weighted by atomic mass is 10.2. The second-order valence-electron chi connectivity index (χ2n) is 3.99. The van der Waals surface area contributed by atoms with Gasteiger partial charge in [-0.3, -0.25) is 0 Å². The van der Waals surface area contributed by atoms with Gasteiger partial charge < -0.3 is 0 Å². The number of halogens is 1. The van der Waals surface area contributed by atoms with E-state index in [1.165, 1.54) is 12.1 Å². The molecule has 0 aliphatic heterocycles. The Morgan fingerprint density at radius 2 is 1.72 bits per heavy atom. The molecule has 0 bridgehead atoms. The maximum atomic E-state index is 13.1. The topological polar surface area (TPSA) is 17.8 Å². The second-order valence-corrected chi connectivity index (χ2v) is 3.99. The highest BCUT2D eigenvalue weighted by Crippen LogP contribution is 2.18. The fourth-order valence-corrected chi connectivity index (χ4v) is 1.85. The van der Waals surface area contributed by atoms with Crippen molar-refractivity contribution in [1.29, 1.82) is 0 Å². The van der Waals surface area contributed by atoms with Crippen molar-refractivity contribution < 1.29 is 4.39 Å². The first-order chi connectivity index (χ1) is 8.83. The third kappa shape index (κ3) is 2.02. The molecule has 3 rings (SSSR count). The Balaban J connectivity index is 2.00. The number of hydrogen-bond donors (Lipinski definition) is 0. The van der Waals surface area contributed by atoms with Gasteiger partial charge in [0.1, 0.15) is 5.82 Å². The summed E-state index contributed by atoms with van der Waals surface area (Å²) in [6.07, 6.45) is 1.83. The Morgan fingerprint density at radius 3 is 2.50 bits per heavy atom. The highest BCUT2D eigenvalue weighted by molar-refractivity contribution is 5.58. The standard InChI is InChI=1S/C15H11FN2/c16-13-7-4-8-14(11-13)18-10-9-15(17-18)12-5-2-1-3-6-12/h1-11H. The summed E-state index contributed by atoms with van der Waals surface area (Å²) in [5, 5.41) is 4.44. The Bertz CT molecular complexity index is 659. The van der Waals surface area contributed by atoms with Crippen molar-refractivity contribution in [2.24, 2.45) is 0 Å². The summed E-state index contributed by atoms with van der Waals surface area (Å²) in [7, 11) is 0. The van der Waals surface area contributed by atoms with Crippen molar-refractivity contribution in [1.82, 2.24) is 9.78 Å². The largest absolute Gasteiger partial charge is 0.240 e. The summed E-state index contributed by atoms with van der Waals surface area (Å²) in [6, 6.07) is 18.2. The highest BCUT2D eigenvalue weighted by atomic mass is 19.1. The van der Waals surface area contributed by atoms with Gasteiger partial charge in [-0.15, -0.1) is 0 Å². The predicted octanol–water partition coefficient (Wildman–Crippen LogP) is 3.68. The lowest BCUT2D eigenvalue weighted by molar-refractivity contribution is 0.625. The van der Waals surface area contributed by atoms with Crippen LogP contribution < -0.4 is 0 Å². The molecule has 0 radical (unpaired) electrons. The van der Waals surface area contributed by atoms with E-state index in [2.05, 4.69) is 5.10 Å². The first-order valence-electron chi connectivity index (χ1n) is 5.70. The van der Waals surface area contributed by atoms with Gasteiger partial charge >= 0.3 is 0 Å². The zero-order valence-electron chi connectivity index (χ0n) is 9.62. The highest BCUT2D eigenvalue weighted by Gasteiger charge is 2.03. The SMILES string of the molecule is Fc1cccc(-n2ccc(-c3ccccc3)n2)c1. The first-order valence-corrected chi connectivity index (χ1v) is 5.70. The molecule has 2 nitrogen and oxygen atoms in total. The summed E-state index contributed by atoms with van der Waals surface area (Å²) in [4.78, 5) is 0. The number of benzene rings is 2. The summed E-state index contributed by atoms with van der Waals surface area (Å²) >= 11 is 0. The summed E-state index contributed by atoms with van der Waals surface area (Å²) in [6.45, 7) is 0. The smallest absolute Gasteiger partial charge is 0.125 e. The van der Waals surface area contributed by atoms with Crippen LogP contribution in [-0.2, 0) is 0 Å². The van der Waals surface area contributed by atoms with E-state index < -0.39 is 0 Å². The quantitative estimate of drug-likeness (QED) is 0.666. The van der Waals surface area contributed by atoms with Crippen LogP contribution in [-0.4, -0.2) is 9.78 Å². The van der Waals surface area contributed by atoms with Crippen LogP contribution in [0.1, 0.15) is 0 Å². The normalized spacial score (nSPS) is 10.5. The van der Waals surface area contributed by atoms with Crippen LogP contribution in [0.5, 0.6) is 0 Å². The molecule has 0 aliphatic rings. The monoisotopic (exact) mass is 238 g/mol. The van der Waals surface area contributed by atoms with E-state index in [4.69, 9.17) is 0 Å². The molecular formula is C15H11FN2. The van der Waals surface area contributed by atoms with Gasteiger partial charge in [-0.05, 0) is 24.3 Å². The van der Waals surface area contributed by atoms with E-state index in [1.54, 1.807) is 10.7 Å². The molecule has 0 amide bonds. The van der Waals surface area contributed by atoms with Gasteiger partial charge in [0, 0.05) is 11.8 Å². The molecule has 0 fully saturated rings. The van der Waals surface area contributed by atoms with Crippen LogP contribution in [0, 0.1) is 5.82 Å². The Kier molecular flexibility index (Phi) is 2.65. The van der Waals surface area contributed by atoms with Gasteiger partial charge in [-0.1, -0.05) is 36.4 Å². The molecule has 1 aromatic heterocycles. The molecule has 0 unspecified atom stereocenters. The van der Waals surface area contributed by atoms with Gasteiger partial charge in [0.25, 0.3) is 0 Å². The number of hydrogen-bond acceptors (Lipinski definition) is 1. The average molecular weight is 238 g/mol. The van der Waals surface area contributed by atoms with Crippen molar-refractivity contribution in [3.05, 3.63) is 72.7 Å². The second kappa shape index (κ2) is 4.45. The van der Waals surface area contributed by atoms with Gasteiger partial charge in [-0.2, -0.15) is 5.10 Å². The van der Waals surface area contributed by atoms with Crippen LogP contribution in [0.3, 0.4) is 0 Å². The zero-order valence-corrected chi connectivity index (χ0v) is 9.62. The molecule has 3 aromatic rings. The van der Waals surface area contributed by atoms with E-state index in [0.717, 1.165) is 16.9 Å². The van der Waals surface area contributed by atoms with Crippen molar-refractivity contribution in [3.8, 4) is 16.9 Å². The number of rotatable bonds is 2.